The molecule has 0 saturated heterocycles. The van der Waals surface area contributed by atoms with Crippen LogP contribution in [0.4, 0.5) is 0 Å². The van der Waals surface area contributed by atoms with Gasteiger partial charge in [-0.15, -0.1) is 0 Å². The van der Waals surface area contributed by atoms with Gasteiger partial charge in [0.15, 0.2) is 5.16 Å². The Hall–Kier alpha value is -2.02. The van der Waals surface area contributed by atoms with Gasteiger partial charge < -0.3 is 14.1 Å². The van der Waals surface area contributed by atoms with Crippen LogP contribution in [0.15, 0.2) is 32.6 Å². The third-order valence-electron chi connectivity index (χ3n) is 2.55. The quantitative estimate of drug-likeness (QED) is 0.529. The summed E-state index contributed by atoms with van der Waals surface area (Å²) in [6, 6.07) is 4.69. The molecular weight excluding hydrogens is 280 g/mol. The Morgan fingerprint density at radius 2 is 2.25 bits per heavy atom. The average molecular weight is 294 g/mol. The lowest BCUT2D eigenvalue weighted by atomic mass is 10.3. The van der Waals surface area contributed by atoms with Crippen LogP contribution >= 0.6 is 11.8 Å². The molecule has 6 nitrogen and oxygen atoms in total. The van der Waals surface area contributed by atoms with Gasteiger partial charge in [0.1, 0.15) is 5.76 Å². The zero-order chi connectivity index (χ0) is 14.7. The van der Waals surface area contributed by atoms with Crippen molar-refractivity contribution < 1.29 is 13.9 Å². The van der Waals surface area contributed by atoms with Crippen molar-refractivity contribution in [1.29, 1.82) is 0 Å². The minimum absolute atomic E-state index is 0.0987. The summed E-state index contributed by atoms with van der Waals surface area (Å²) in [5, 5.41) is 0.414. The Morgan fingerprint density at radius 1 is 1.50 bits per heavy atom. The van der Waals surface area contributed by atoms with Crippen LogP contribution in [-0.4, -0.2) is 23.0 Å². The Balaban J connectivity index is 2.15. The van der Waals surface area contributed by atoms with Crippen LogP contribution in [0.2, 0.25) is 0 Å². The molecule has 2 rings (SSSR count). The number of hydrogen-bond acceptors (Lipinski definition) is 6. The van der Waals surface area contributed by atoms with Gasteiger partial charge in [-0.2, -0.15) is 0 Å². The second-order valence-electron chi connectivity index (χ2n) is 4.15. The molecule has 0 fully saturated rings. The van der Waals surface area contributed by atoms with Crippen molar-refractivity contribution in [2.75, 3.05) is 7.11 Å². The standard InChI is InChI=1S/C13H14N2O4S/c1-7-6-11(16)15-13(14-7)20-8(2)9-4-5-10(19-9)12(17)18-3/h4-6,8H,1-3H3,(H,14,15,16). The molecule has 1 unspecified atom stereocenters. The maximum Gasteiger partial charge on any atom is 0.373 e. The van der Waals surface area contributed by atoms with Crippen LogP contribution < -0.4 is 5.56 Å². The Labute approximate surface area is 119 Å². The van der Waals surface area contributed by atoms with Gasteiger partial charge in [-0.1, -0.05) is 11.8 Å². The summed E-state index contributed by atoms with van der Waals surface area (Å²) in [5.41, 5.74) is 0.458. The number of aryl methyl sites for hydroxylation is 1. The van der Waals surface area contributed by atoms with E-state index in [-0.39, 0.29) is 16.6 Å². The number of nitrogens with one attached hydrogen (secondary N) is 1. The number of rotatable bonds is 4. The first-order chi connectivity index (χ1) is 9.49. The lowest BCUT2D eigenvalue weighted by molar-refractivity contribution is 0.0563. The van der Waals surface area contributed by atoms with Gasteiger partial charge in [0.05, 0.1) is 12.4 Å². The average Bonchev–Trinajstić information content (AvgIpc) is 2.86. The minimum Gasteiger partial charge on any atom is -0.463 e. The van der Waals surface area contributed by atoms with E-state index < -0.39 is 5.97 Å². The van der Waals surface area contributed by atoms with Crippen LogP contribution in [0, 0.1) is 6.92 Å². The van der Waals surface area contributed by atoms with Gasteiger partial charge in [-0.3, -0.25) is 4.79 Å². The van der Waals surface area contributed by atoms with Crippen LogP contribution in [-0.2, 0) is 4.74 Å². The van der Waals surface area contributed by atoms with E-state index >= 15 is 0 Å². The maximum absolute atomic E-state index is 11.4. The van der Waals surface area contributed by atoms with E-state index in [1.165, 1.54) is 24.9 Å². The number of furan rings is 1. The molecule has 0 aliphatic carbocycles. The largest absolute Gasteiger partial charge is 0.463 e. The predicted molar refractivity (Wildman–Crippen MR) is 73.9 cm³/mol. The van der Waals surface area contributed by atoms with Gasteiger partial charge in [0.2, 0.25) is 5.76 Å². The van der Waals surface area contributed by atoms with Crippen LogP contribution in [0.25, 0.3) is 0 Å². The molecule has 1 N–H and O–H groups in total. The molecule has 0 aromatic carbocycles. The van der Waals surface area contributed by atoms with Crippen LogP contribution in [0.5, 0.6) is 0 Å². The number of thioether (sulfide) groups is 1. The molecule has 0 radical (unpaired) electrons. The SMILES string of the molecule is COC(=O)c1ccc(C(C)Sc2nc(C)cc(=O)[nH]2)o1. The molecule has 0 bridgehead atoms. The van der Waals surface area contributed by atoms with Crippen molar-refractivity contribution in [2.24, 2.45) is 0 Å². The van der Waals surface area contributed by atoms with Crippen molar-refractivity contribution in [2.45, 2.75) is 24.3 Å². The Kier molecular flexibility index (Phi) is 4.29. The lowest BCUT2D eigenvalue weighted by Crippen LogP contribution is -2.08. The Bertz CT molecular complexity index is 677. The van der Waals surface area contributed by atoms with Gasteiger partial charge >= 0.3 is 5.97 Å². The molecule has 0 spiro atoms. The molecule has 2 aromatic rings. The predicted octanol–water partition coefficient (Wildman–Crippen LogP) is 2.31. The van der Waals surface area contributed by atoms with E-state index in [1.54, 1.807) is 19.1 Å². The number of nitrogens with zero attached hydrogens (tertiary/aromatic N) is 1. The highest BCUT2D eigenvalue weighted by Gasteiger charge is 2.17. The maximum atomic E-state index is 11.4. The summed E-state index contributed by atoms with van der Waals surface area (Å²) in [4.78, 5) is 29.6. The monoisotopic (exact) mass is 294 g/mol. The number of ether oxygens (including phenoxy) is 1. The molecule has 0 saturated carbocycles. The molecule has 2 heterocycles. The first kappa shape index (κ1) is 14.4. The van der Waals surface area contributed by atoms with Gasteiger partial charge in [-0.25, -0.2) is 9.78 Å². The van der Waals surface area contributed by atoms with Crippen LogP contribution in [0.3, 0.4) is 0 Å². The zero-order valence-corrected chi connectivity index (χ0v) is 12.1. The highest BCUT2D eigenvalue weighted by Crippen LogP contribution is 2.33. The number of aromatic nitrogens is 2. The fourth-order valence-electron chi connectivity index (χ4n) is 1.61. The van der Waals surface area contributed by atoms with E-state index in [0.29, 0.717) is 16.6 Å². The minimum atomic E-state index is -0.518. The van der Waals surface area contributed by atoms with Crippen molar-refractivity contribution in [3.63, 3.8) is 0 Å². The summed E-state index contributed by atoms with van der Waals surface area (Å²) in [6.45, 7) is 3.65. The third-order valence-corrected chi connectivity index (χ3v) is 3.55. The summed E-state index contributed by atoms with van der Waals surface area (Å²) in [7, 11) is 1.30. The Morgan fingerprint density at radius 3 is 2.90 bits per heavy atom. The van der Waals surface area contributed by atoms with Crippen molar-refractivity contribution >= 4 is 17.7 Å². The summed E-state index contributed by atoms with van der Waals surface area (Å²) < 4.78 is 10.00. The van der Waals surface area contributed by atoms with Gasteiger partial charge in [0, 0.05) is 11.8 Å². The van der Waals surface area contributed by atoms with E-state index in [1.807, 2.05) is 6.92 Å². The van der Waals surface area contributed by atoms with Gasteiger partial charge in [-0.05, 0) is 26.0 Å². The number of methoxy groups -OCH3 is 1. The molecule has 2 aromatic heterocycles. The lowest BCUT2D eigenvalue weighted by Gasteiger charge is -2.07. The first-order valence-electron chi connectivity index (χ1n) is 5.92. The fourth-order valence-corrected chi connectivity index (χ4v) is 2.55. The second kappa shape index (κ2) is 5.96. The van der Waals surface area contributed by atoms with Gasteiger partial charge in [0.25, 0.3) is 5.56 Å². The molecule has 0 aliphatic rings. The molecule has 1 atom stereocenters. The van der Waals surface area contributed by atoms with E-state index in [0.717, 1.165) is 0 Å². The second-order valence-corrected chi connectivity index (χ2v) is 5.48. The number of carbonyl (C=O) groups is 1. The fraction of sp³-hybridized carbons (Fsp3) is 0.308. The summed E-state index contributed by atoms with van der Waals surface area (Å²) in [5.74, 6) is 0.246. The summed E-state index contributed by atoms with van der Waals surface area (Å²) in [6.07, 6.45) is 0. The molecule has 0 amide bonds. The number of H-pyrrole nitrogens is 1. The molecular formula is C13H14N2O4S. The van der Waals surface area contributed by atoms with E-state index in [2.05, 4.69) is 14.7 Å². The number of aromatic amines is 1. The molecule has 106 valence electrons. The zero-order valence-electron chi connectivity index (χ0n) is 11.3. The highest BCUT2D eigenvalue weighted by molar-refractivity contribution is 7.99. The smallest absolute Gasteiger partial charge is 0.373 e. The molecule has 20 heavy (non-hydrogen) atoms. The van der Waals surface area contributed by atoms with E-state index in [4.69, 9.17) is 4.42 Å². The third kappa shape index (κ3) is 3.30. The molecule has 0 aliphatic heterocycles. The highest BCUT2D eigenvalue weighted by atomic mass is 32.2. The number of hydrogen-bond donors (Lipinski definition) is 1. The summed E-state index contributed by atoms with van der Waals surface area (Å²) >= 11 is 1.35. The van der Waals surface area contributed by atoms with Crippen molar-refractivity contribution in [1.82, 2.24) is 9.97 Å². The van der Waals surface area contributed by atoms with E-state index in [9.17, 15) is 9.59 Å². The topological polar surface area (TPSA) is 85.2 Å². The normalized spacial score (nSPS) is 12.2. The van der Waals surface area contributed by atoms with Crippen molar-refractivity contribution in [3.8, 4) is 0 Å². The van der Waals surface area contributed by atoms with Crippen molar-refractivity contribution in [3.05, 3.63) is 45.8 Å². The first-order valence-corrected chi connectivity index (χ1v) is 6.80. The number of carbonyl (C=O) groups excluding carboxylic acids is 1. The van der Waals surface area contributed by atoms with Crippen LogP contribution in [0.1, 0.15) is 34.2 Å². The molecule has 7 heteroatoms. The number of esters is 1.